The molecule has 186 valence electrons. The van der Waals surface area contributed by atoms with Crippen molar-refractivity contribution < 1.29 is 4.79 Å². The van der Waals surface area contributed by atoms with Crippen LogP contribution < -0.4 is 10.6 Å². The van der Waals surface area contributed by atoms with Gasteiger partial charge in [-0.3, -0.25) is 4.90 Å². The van der Waals surface area contributed by atoms with E-state index in [1.807, 2.05) is 0 Å². The van der Waals surface area contributed by atoms with Crippen LogP contribution in [-0.2, 0) is 12.0 Å². The van der Waals surface area contributed by atoms with Crippen LogP contribution >= 0.6 is 0 Å². The topological polar surface area (TPSA) is 44.4 Å². The molecule has 1 saturated carbocycles. The molecule has 34 heavy (non-hydrogen) atoms. The molecule has 0 radical (unpaired) electrons. The fourth-order valence-electron chi connectivity index (χ4n) is 5.43. The molecule has 1 aliphatic rings. The number of rotatable bonds is 10. The Labute approximate surface area is 207 Å². The zero-order chi connectivity index (χ0) is 24.7. The van der Waals surface area contributed by atoms with Crippen LogP contribution in [0.25, 0.3) is 0 Å². The van der Waals surface area contributed by atoms with Crippen molar-refractivity contribution in [3.8, 4) is 0 Å². The number of anilines is 1. The fraction of sp³-hybridized carbons (Fsp3) is 0.567. The first-order valence-electron chi connectivity index (χ1n) is 13.3. The molecule has 0 heterocycles. The van der Waals surface area contributed by atoms with Gasteiger partial charge in [-0.15, -0.1) is 0 Å². The first-order chi connectivity index (χ1) is 16.3. The maximum absolute atomic E-state index is 13.2. The standard InChI is InChI=1S/C30H45N3O/c1-7-33(8-2)20-24-13-11-14-25(19-24)30(17-9-10-18-30)21-31-29(34)32-28-26(22(3)4)15-12-16-27(28)23(5)6/h11-16,19,22-23H,7-10,17-18,20-21H2,1-6H3,(H2,31,32,34). The largest absolute Gasteiger partial charge is 0.337 e. The van der Waals surface area contributed by atoms with Gasteiger partial charge in [-0.1, -0.05) is 96.8 Å². The highest BCUT2D eigenvalue weighted by Crippen LogP contribution is 2.41. The number of nitrogens with one attached hydrogen (secondary N) is 2. The average Bonchev–Trinajstić information content (AvgIpc) is 3.31. The first-order valence-corrected chi connectivity index (χ1v) is 13.3. The molecule has 0 spiro atoms. The highest BCUT2D eigenvalue weighted by molar-refractivity contribution is 5.91. The lowest BCUT2D eigenvalue weighted by molar-refractivity contribution is 0.248. The van der Waals surface area contributed by atoms with Crippen LogP contribution in [0.3, 0.4) is 0 Å². The van der Waals surface area contributed by atoms with Crippen LogP contribution in [0.1, 0.15) is 101 Å². The summed E-state index contributed by atoms with van der Waals surface area (Å²) in [7, 11) is 0. The normalized spacial score (nSPS) is 15.3. The molecule has 2 aromatic carbocycles. The number of benzene rings is 2. The number of urea groups is 1. The van der Waals surface area contributed by atoms with E-state index in [4.69, 9.17) is 0 Å². The van der Waals surface area contributed by atoms with Crippen LogP contribution in [0.15, 0.2) is 42.5 Å². The fourth-order valence-corrected chi connectivity index (χ4v) is 5.43. The van der Waals surface area contributed by atoms with E-state index in [1.165, 1.54) is 35.1 Å². The Morgan fingerprint density at radius 1 is 0.941 bits per heavy atom. The van der Waals surface area contributed by atoms with Crippen molar-refractivity contribution in [1.29, 1.82) is 0 Å². The van der Waals surface area contributed by atoms with Crippen molar-refractivity contribution in [3.63, 3.8) is 0 Å². The van der Waals surface area contributed by atoms with Crippen molar-refractivity contribution in [2.24, 2.45) is 0 Å². The maximum Gasteiger partial charge on any atom is 0.319 e. The predicted molar refractivity (Wildman–Crippen MR) is 145 cm³/mol. The summed E-state index contributed by atoms with van der Waals surface area (Å²) in [6.45, 7) is 16.9. The monoisotopic (exact) mass is 463 g/mol. The van der Waals surface area contributed by atoms with Gasteiger partial charge >= 0.3 is 6.03 Å². The molecule has 0 unspecified atom stereocenters. The molecule has 0 aromatic heterocycles. The number of carbonyl (C=O) groups is 1. The lowest BCUT2D eigenvalue weighted by Crippen LogP contribution is -2.41. The van der Waals surface area contributed by atoms with E-state index in [0.29, 0.717) is 18.4 Å². The number of carbonyl (C=O) groups excluding carboxylic acids is 1. The van der Waals surface area contributed by atoms with Crippen molar-refractivity contribution in [2.75, 3.05) is 25.0 Å². The molecule has 0 bridgehead atoms. The van der Waals surface area contributed by atoms with E-state index in [2.05, 4.69) is 99.5 Å². The Balaban J connectivity index is 1.77. The van der Waals surface area contributed by atoms with Crippen LogP contribution in [0.5, 0.6) is 0 Å². The Hall–Kier alpha value is -2.33. The van der Waals surface area contributed by atoms with Crippen molar-refractivity contribution >= 4 is 11.7 Å². The summed E-state index contributed by atoms with van der Waals surface area (Å²) in [5.74, 6) is 0.701. The highest BCUT2D eigenvalue weighted by Gasteiger charge is 2.36. The third-order valence-corrected chi connectivity index (χ3v) is 7.60. The van der Waals surface area contributed by atoms with Gasteiger partial charge < -0.3 is 10.6 Å². The van der Waals surface area contributed by atoms with Crippen molar-refractivity contribution in [3.05, 3.63) is 64.7 Å². The smallest absolute Gasteiger partial charge is 0.319 e. The second-order valence-electron chi connectivity index (χ2n) is 10.6. The summed E-state index contributed by atoms with van der Waals surface area (Å²) in [5.41, 5.74) is 6.13. The SMILES string of the molecule is CCN(CC)Cc1cccc(C2(CNC(=O)Nc3c(C(C)C)cccc3C(C)C)CCCC2)c1. The molecule has 0 saturated heterocycles. The summed E-state index contributed by atoms with van der Waals surface area (Å²) >= 11 is 0. The maximum atomic E-state index is 13.2. The van der Waals surface area contributed by atoms with Crippen molar-refractivity contribution in [1.82, 2.24) is 10.2 Å². The molecular formula is C30H45N3O. The van der Waals surface area contributed by atoms with Gasteiger partial charge in [0.05, 0.1) is 0 Å². The number of nitrogens with zero attached hydrogens (tertiary/aromatic N) is 1. The summed E-state index contributed by atoms with van der Waals surface area (Å²) in [5, 5.41) is 6.50. The summed E-state index contributed by atoms with van der Waals surface area (Å²) < 4.78 is 0. The molecule has 4 heteroatoms. The van der Waals surface area contributed by atoms with Gasteiger partial charge in [-0.05, 0) is 60.0 Å². The summed E-state index contributed by atoms with van der Waals surface area (Å²) in [4.78, 5) is 15.6. The molecule has 2 aromatic rings. The Morgan fingerprint density at radius 3 is 2.09 bits per heavy atom. The molecule has 3 rings (SSSR count). The first kappa shape index (κ1) is 26.3. The number of hydrogen-bond donors (Lipinski definition) is 2. The minimum Gasteiger partial charge on any atom is -0.337 e. The van der Waals surface area contributed by atoms with Gasteiger partial charge in [0.15, 0.2) is 0 Å². The lowest BCUT2D eigenvalue weighted by atomic mass is 9.78. The van der Waals surface area contributed by atoms with Gasteiger partial charge in [-0.2, -0.15) is 0 Å². The van der Waals surface area contributed by atoms with Gasteiger partial charge in [0, 0.05) is 24.2 Å². The number of amides is 2. The quantitative estimate of drug-likeness (QED) is 0.385. The zero-order valence-electron chi connectivity index (χ0n) is 22.2. The van der Waals surface area contributed by atoms with E-state index in [9.17, 15) is 4.79 Å². The van der Waals surface area contributed by atoms with Crippen LogP contribution in [0, 0.1) is 0 Å². The molecular weight excluding hydrogens is 418 g/mol. The van der Waals surface area contributed by atoms with Crippen molar-refractivity contribution in [2.45, 2.75) is 91.0 Å². The molecule has 1 aliphatic carbocycles. The molecule has 0 aliphatic heterocycles. The van der Waals surface area contributed by atoms with Crippen LogP contribution in [-0.4, -0.2) is 30.6 Å². The predicted octanol–water partition coefficient (Wildman–Crippen LogP) is 7.41. The van der Waals surface area contributed by atoms with Gasteiger partial charge in [0.2, 0.25) is 0 Å². The second-order valence-corrected chi connectivity index (χ2v) is 10.6. The van der Waals surface area contributed by atoms with E-state index in [1.54, 1.807) is 0 Å². The lowest BCUT2D eigenvalue weighted by Gasteiger charge is -2.31. The molecule has 0 atom stereocenters. The average molecular weight is 464 g/mol. The Kier molecular flexibility index (Phi) is 9.18. The molecule has 2 N–H and O–H groups in total. The number of hydrogen-bond acceptors (Lipinski definition) is 2. The molecule has 2 amide bonds. The summed E-state index contributed by atoms with van der Waals surface area (Å²) in [6.07, 6.45) is 4.69. The second kappa shape index (κ2) is 11.9. The minimum absolute atomic E-state index is 0.0229. The van der Waals surface area contributed by atoms with E-state index in [-0.39, 0.29) is 11.4 Å². The van der Waals surface area contributed by atoms with Gasteiger partial charge in [0.25, 0.3) is 0 Å². The molecule has 4 nitrogen and oxygen atoms in total. The third kappa shape index (κ3) is 6.21. The van der Waals surface area contributed by atoms with Crippen LogP contribution in [0.4, 0.5) is 10.5 Å². The van der Waals surface area contributed by atoms with Crippen LogP contribution in [0.2, 0.25) is 0 Å². The van der Waals surface area contributed by atoms with E-state index >= 15 is 0 Å². The third-order valence-electron chi connectivity index (χ3n) is 7.60. The van der Waals surface area contributed by atoms with Gasteiger partial charge in [0.1, 0.15) is 0 Å². The van der Waals surface area contributed by atoms with E-state index < -0.39 is 0 Å². The van der Waals surface area contributed by atoms with Gasteiger partial charge in [-0.25, -0.2) is 4.79 Å². The zero-order valence-corrected chi connectivity index (χ0v) is 22.2. The summed E-state index contributed by atoms with van der Waals surface area (Å²) in [6, 6.07) is 15.4. The number of para-hydroxylation sites is 1. The Morgan fingerprint density at radius 2 is 1.53 bits per heavy atom. The van der Waals surface area contributed by atoms with E-state index in [0.717, 1.165) is 38.2 Å². The highest BCUT2D eigenvalue weighted by atomic mass is 16.2. The molecule has 1 fully saturated rings. The minimum atomic E-state index is -0.0967. The Bertz CT molecular complexity index is 914.